The molecule has 1 aromatic rings. The van der Waals surface area contributed by atoms with Crippen molar-refractivity contribution in [2.75, 3.05) is 33.7 Å². The Balaban J connectivity index is 2.14. The predicted octanol–water partition coefficient (Wildman–Crippen LogP) is 1.98. The van der Waals surface area contributed by atoms with Gasteiger partial charge in [-0.1, -0.05) is 23.7 Å². The van der Waals surface area contributed by atoms with Crippen LogP contribution < -0.4 is 5.73 Å². The van der Waals surface area contributed by atoms with E-state index in [-0.39, 0.29) is 6.04 Å². The maximum absolute atomic E-state index is 6.43. The molecule has 18 heavy (non-hydrogen) atoms. The van der Waals surface area contributed by atoms with Crippen molar-refractivity contribution in [1.82, 2.24) is 9.80 Å². The maximum atomic E-state index is 6.43. The largest absolute Gasteiger partial charge is 0.323 e. The van der Waals surface area contributed by atoms with E-state index in [4.69, 9.17) is 17.3 Å². The molecule has 3 nitrogen and oxygen atoms in total. The lowest BCUT2D eigenvalue weighted by molar-refractivity contribution is 0.196. The molecule has 2 unspecified atom stereocenters. The van der Waals surface area contributed by atoms with E-state index in [0.29, 0.717) is 6.04 Å². The molecular formula is C14H22ClN3. The lowest BCUT2D eigenvalue weighted by Gasteiger charge is -2.32. The molecule has 0 amide bonds. The van der Waals surface area contributed by atoms with E-state index in [9.17, 15) is 0 Å². The van der Waals surface area contributed by atoms with E-state index in [0.717, 1.165) is 30.2 Å². The van der Waals surface area contributed by atoms with Crippen molar-refractivity contribution < 1.29 is 0 Å². The average molecular weight is 268 g/mol. The van der Waals surface area contributed by atoms with Crippen LogP contribution >= 0.6 is 11.6 Å². The van der Waals surface area contributed by atoms with Gasteiger partial charge in [0.2, 0.25) is 0 Å². The van der Waals surface area contributed by atoms with Gasteiger partial charge in [-0.25, -0.2) is 0 Å². The van der Waals surface area contributed by atoms with Crippen molar-refractivity contribution in [2.24, 2.45) is 5.73 Å². The van der Waals surface area contributed by atoms with Gasteiger partial charge in [0.1, 0.15) is 0 Å². The zero-order valence-corrected chi connectivity index (χ0v) is 11.9. The predicted molar refractivity (Wildman–Crippen MR) is 76.9 cm³/mol. The summed E-state index contributed by atoms with van der Waals surface area (Å²) in [4.78, 5) is 4.74. The number of nitrogens with two attached hydrogens (primary N) is 1. The quantitative estimate of drug-likeness (QED) is 0.889. The minimum Gasteiger partial charge on any atom is -0.323 e. The van der Waals surface area contributed by atoms with E-state index in [1.54, 1.807) is 0 Å². The summed E-state index contributed by atoms with van der Waals surface area (Å²) in [6.45, 7) is 3.27. The minimum absolute atomic E-state index is 0.0350. The van der Waals surface area contributed by atoms with Gasteiger partial charge >= 0.3 is 0 Å². The van der Waals surface area contributed by atoms with E-state index in [1.165, 1.54) is 6.42 Å². The van der Waals surface area contributed by atoms with Crippen LogP contribution in [0.3, 0.4) is 0 Å². The molecule has 2 rings (SSSR count). The highest BCUT2D eigenvalue weighted by molar-refractivity contribution is 6.30. The average Bonchev–Trinajstić information content (AvgIpc) is 2.51. The highest BCUT2D eigenvalue weighted by Crippen LogP contribution is 2.22. The lowest BCUT2D eigenvalue weighted by atomic mass is 9.99. The van der Waals surface area contributed by atoms with Crippen LogP contribution in [0.4, 0.5) is 0 Å². The molecule has 2 N–H and O–H groups in total. The van der Waals surface area contributed by atoms with Crippen molar-refractivity contribution in [1.29, 1.82) is 0 Å². The zero-order valence-electron chi connectivity index (χ0n) is 11.1. The van der Waals surface area contributed by atoms with E-state index >= 15 is 0 Å². The molecule has 100 valence electrons. The third-order valence-corrected chi connectivity index (χ3v) is 4.04. The Morgan fingerprint density at radius 3 is 2.56 bits per heavy atom. The van der Waals surface area contributed by atoms with Crippen LogP contribution in [0.1, 0.15) is 18.0 Å². The molecule has 1 aliphatic heterocycles. The van der Waals surface area contributed by atoms with E-state index < -0.39 is 0 Å². The highest BCUT2D eigenvalue weighted by atomic mass is 35.5. The maximum Gasteiger partial charge on any atom is 0.0465 e. The van der Waals surface area contributed by atoms with Gasteiger partial charge in [0.05, 0.1) is 0 Å². The van der Waals surface area contributed by atoms with Gasteiger partial charge < -0.3 is 15.5 Å². The monoisotopic (exact) mass is 267 g/mol. The Bertz CT molecular complexity index is 379. The molecule has 0 bridgehead atoms. The molecule has 4 heteroatoms. The van der Waals surface area contributed by atoms with E-state index in [1.807, 2.05) is 24.3 Å². The summed E-state index contributed by atoms with van der Waals surface area (Å²) in [5.74, 6) is 0. The summed E-state index contributed by atoms with van der Waals surface area (Å²) in [7, 11) is 4.33. The summed E-state index contributed by atoms with van der Waals surface area (Å²) in [6, 6.07) is 8.29. The summed E-state index contributed by atoms with van der Waals surface area (Å²) < 4.78 is 0. The summed E-state index contributed by atoms with van der Waals surface area (Å²) in [6.07, 6.45) is 1.21. The molecule has 0 aromatic heterocycles. The van der Waals surface area contributed by atoms with Gasteiger partial charge in [-0.2, -0.15) is 0 Å². The molecule has 0 radical (unpaired) electrons. The van der Waals surface area contributed by atoms with Crippen LogP contribution in [0.15, 0.2) is 24.3 Å². The van der Waals surface area contributed by atoms with Crippen LogP contribution in [0.5, 0.6) is 0 Å². The third kappa shape index (κ3) is 3.23. The smallest absolute Gasteiger partial charge is 0.0465 e. The topological polar surface area (TPSA) is 32.5 Å². The Kier molecular flexibility index (Phi) is 4.62. The number of rotatable bonds is 2. The van der Waals surface area contributed by atoms with Gasteiger partial charge in [-0.3, -0.25) is 0 Å². The van der Waals surface area contributed by atoms with Crippen LogP contribution in [0.25, 0.3) is 0 Å². The zero-order chi connectivity index (χ0) is 13.1. The number of halogens is 1. The van der Waals surface area contributed by atoms with Crippen molar-refractivity contribution in [3.63, 3.8) is 0 Å². The van der Waals surface area contributed by atoms with Gasteiger partial charge in [-0.05, 0) is 51.3 Å². The molecule has 1 fully saturated rings. The lowest BCUT2D eigenvalue weighted by Crippen LogP contribution is -2.45. The molecule has 0 aliphatic carbocycles. The van der Waals surface area contributed by atoms with Crippen LogP contribution in [0, 0.1) is 0 Å². The number of hydrogen-bond acceptors (Lipinski definition) is 3. The second kappa shape index (κ2) is 6.02. The highest BCUT2D eigenvalue weighted by Gasteiger charge is 2.26. The third-order valence-electron chi connectivity index (χ3n) is 3.78. The number of benzene rings is 1. The summed E-state index contributed by atoms with van der Waals surface area (Å²) in [5, 5.41) is 0.761. The van der Waals surface area contributed by atoms with E-state index in [2.05, 4.69) is 23.9 Å². The second-order valence-electron chi connectivity index (χ2n) is 5.24. The Morgan fingerprint density at radius 1 is 1.22 bits per heavy atom. The molecule has 1 aromatic carbocycles. The first kappa shape index (κ1) is 13.8. The Morgan fingerprint density at radius 2 is 1.89 bits per heavy atom. The van der Waals surface area contributed by atoms with Crippen LogP contribution in [-0.2, 0) is 0 Å². The van der Waals surface area contributed by atoms with Gasteiger partial charge in [0.25, 0.3) is 0 Å². The Hall–Kier alpha value is -0.610. The van der Waals surface area contributed by atoms with Crippen LogP contribution in [-0.4, -0.2) is 49.6 Å². The molecule has 0 spiro atoms. The van der Waals surface area contributed by atoms with Crippen molar-refractivity contribution in [2.45, 2.75) is 18.5 Å². The van der Waals surface area contributed by atoms with Crippen molar-refractivity contribution in [3.05, 3.63) is 34.9 Å². The first-order chi connectivity index (χ1) is 8.58. The molecule has 1 saturated heterocycles. The standard InChI is InChI=1S/C14H22ClN3/c1-17-8-3-9-18(2)13(10-17)14(16)11-4-6-12(15)7-5-11/h4-7,13-14H,3,8-10,16H2,1-2H3. The first-order valence-electron chi connectivity index (χ1n) is 6.48. The normalized spacial score (nSPS) is 24.8. The summed E-state index contributed by atoms with van der Waals surface area (Å²) in [5.41, 5.74) is 7.59. The SMILES string of the molecule is CN1CCCN(C)C(C(N)c2ccc(Cl)cc2)C1. The van der Waals surface area contributed by atoms with Gasteiger partial charge in [0.15, 0.2) is 0 Å². The fourth-order valence-electron chi connectivity index (χ4n) is 2.60. The van der Waals surface area contributed by atoms with Gasteiger partial charge in [0, 0.05) is 23.7 Å². The minimum atomic E-state index is 0.0350. The number of hydrogen-bond donors (Lipinski definition) is 1. The molecule has 0 saturated carbocycles. The molecule has 1 heterocycles. The second-order valence-corrected chi connectivity index (χ2v) is 5.68. The summed E-state index contributed by atoms with van der Waals surface area (Å²) >= 11 is 5.92. The first-order valence-corrected chi connectivity index (χ1v) is 6.85. The van der Waals surface area contributed by atoms with Crippen molar-refractivity contribution >= 4 is 11.6 Å². The fourth-order valence-corrected chi connectivity index (χ4v) is 2.73. The Labute approximate surface area is 115 Å². The van der Waals surface area contributed by atoms with Crippen LogP contribution in [0.2, 0.25) is 5.02 Å². The molecular weight excluding hydrogens is 246 g/mol. The van der Waals surface area contributed by atoms with Gasteiger partial charge in [-0.15, -0.1) is 0 Å². The number of nitrogens with zero attached hydrogens (tertiary/aromatic N) is 2. The molecule has 1 aliphatic rings. The fraction of sp³-hybridized carbons (Fsp3) is 0.571. The van der Waals surface area contributed by atoms with Crippen molar-refractivity contribution in [3.8, 4) is 0 Å². The number of likely N-dealkylation sites (N-methyl/N-ethyl adjacent to an activating group) is 2. The molecule has 2 atom stereocenters.